The highest BCUT2D eigenvalue weighted by atomic mass is 16.5. The Kier molecular flexibility index (Phi) is 8.90. The fourth-order valence-electron chi connectivity index (χ4n) is 4.50. The van der Waals surface area contributed by atoms with E-state index < -0.39 is 0 Å². The zero-order chi connectivity index (χ0) is 22.1. The number of rotatable bonds is 7. The lowest BCUT2D eigenvalue weighted by Crippen LogP contribution is -2.49. The molecule has 1 aromatic heterocycles. The first-order valence-corrected chi connectivity index (χ1v) is 11.9. The molecule has 3 heterocycles. The summed E-state index contributed by atoms with van der Waals surface area (Å²) < 4.78 is 6.12. The molecule has 0 aromatic carbocycles. The summed E-state index contributed by atoms with van der Waals surface area (Å²) in [6.45, 7) is 17.4. The number of aromatic nitrogens is 2. The molecule has 0 saturated carbocycles. The number of piperazine rings is 1. The summed E-state index contributed by atoms with van der Waals surface area (Å²) in [6.07, 6.45) is 6.22. The van der Waals surface area contributed by atoms with E-state index in [0.29, 0.717) is 5.92 Å². The van der Waals surface area contributed by atoms with Gasteiger partial charge in [-0.1, -0.05) is 20.8 Å². The molecule has 3 rings (SSSR count). The number of hydrogen-bond donors (Lipinski definition) is 2. The molecular weight excluding hydrogens is 390 g/mol. The van der Waals surface area contributed by atoms with Crippen LogP contribution in [0.15, 0.2) is 23.5 Å². The second-order valence-corrected chi connectivity index (χ2v) is 9.58. The van der Waals surface area contributed by atoms with Crippen LogP contribution in [-0.4, -0.2) is 85.9 Å². The highest BCUT2D eigenvalue weighted by Gasteiger charge is 2.35. The van der Waals surface area contributed by atoms with Crippen molar-refractivity contribution in [3.63, 3.8) is 0 Å². The van der Waals surface area contributed by atoms with Crippen molar-refractivity contribution in [2.45, 2.75) is 46.6 Å². The van der Waals surface area contributed by atoms with E-state index in [1.165, 1.54) is 6.42 Å². The van der Waals surface area contributed by atoms with Crippen molar-refractivity contribution >= 4 is 11.9 Å². The predicted octanol–water partition coefficient (Wildman–Crippen LogP) is 2.00. The number of guanidine groups is 1. The summed E-state index contributed by atoms with van der Waals surface area (Å²) in [5, 5.41) is 6.92. The summed E-state index contributed by atoms with van der Waals surface area (Å²) in [6, 6.07) is 1.86. The zero-order valence-corrected chi connectivity index (χ0v) is 19.8. The average Bonchev–Trinajstić information content (AvgIpc) is 2.78. The van der Waals surface area contributed by atoms with Gasteiger partial charge >= 0.3 is 0 Å². The van der Waals surface area contributed by atoms with Gasteiger partial charge in [-0.25, -0.2) is 9.97 Å². The first-order valence-electron chi connectivity index (χ1n) is 11.9. The molecule has 8 heteroatoms. The Bertz CT molecular complexity index is 668. The Morgan fingerprint density at radius 3 is 2.58 bits per heavy atom. The van der Waals surface area contributed by atoms with Crippen LogP contribution in [0.25, 0.3) is 0 Å². The van der Waals surface area contributed by atoms with Crippen LogP contribution >= 0.6 is 0 Å². The maximum atomic E-state index is 6.12. The van der Waals surface area contributed by atoms with Gasteiger partial charge in [0.1, 0.15) is 0 Å². The normalized spacial score (nSPS) is 23.6. The molecule has 0 radical (unpaired) electrons. The number of hydrogen-bond acceptors (Lipinski definition) is 6. The minimum Gasteiger partial charge on any atom is -0.377 e. The number of anilines is 1. The van der Waals surface area contributed by atoms with Gasteiger partial charge in [0.05, 0.1) is 6.10 Å². The lowest BCUT2D eigenvalue weighted by Gasteiger charge is -2.39. The molecule has 2 aliphatic rings. The molecule has 2 saturated heterocycles. The van der Waals surface area contributed by atoms with Crippen molar-refractivity contribution in [3.05, 3.63) is 18.5 Å². The molecule has 0 spiro atoms. The smallest absolute Gasteiger partial charge is 0.225 e. The van der Waals surface area contributed by atoms with Gasteiger partial charge < -0.3 is 20.3 Å². The summed E-state index contributed by atoms with van der Waals surface area (Å²) >= 11 is 0. The van der Waals surface area contributed by atoms with Crippen molar-refractivity contribution in [1.82, 2.24) is 25.5 Å². The number of nitrogens with one attached hydrogen (secondary N) is 2. The van der Waals surface area contributed by atoms with Crippen LogP contribution in [0.1, 0.15) is 40.5 Å². The van der Waals surface area contributed by atoms with Gasteiger partial charge in [0.25, 0.3) is 0 Å². The fourth-order valence-corrected chi connectivity index (χ4v) is 4.50. The lowest BCUT2D eigenvalue weighted by atomic mass is 9.78. The number of ether oxygens (including phenoxy) is 1. The van der Waals surface area contributed by atoms with Crippen LogP contribution in [0, 0.1) is 11.3 Å². The molecule has 174 valence electrons. The van der Waals surface area contributed by atoms with Crippen molar-refractivity contribution in [3.8, 4) is 0 Å². The average molecular weight is 432 g/mol. The molecule has 0 aliphatic carbocycles. The third kappa shape index (κ3) is 7.31. The van der Waals surface area contributed by atoms with Crippen LogP contribution in [0.2, 0.25) is 0 Å². The minimum absolute atomic E-state index is 0.152. The van der Waals surface area contributed by atoms with Crippen LogP contribution in [0.3, 0.4) is 0 Å². The molecule has 2 fully saturated rings. The summed E-state index contributed by atoms with van der Waals surface area (Å²) in [7, 11) is 0. The number of aliphatic imine (C=N–C) groups is 1. The van der Waals surface area contributed by atoms with Gasteiger partial charge in [0, 0.05) is 77.3 Å². The second kappa shape index (κ2) is 11.6. The third-order valence-electron chi connectivity index (χ3n) is 6.05. The maximum Gasteiger partial charge on any atom is 0.225 e. The van der Waals surface area contributed by atoms with E-state index in [2.05, 4.69) is 58.1 Å². The molecule has 1 aromatic rings. The van der Waals surface area contributed by atoms with Gasteiger partial charge in [0.2, 0.25) is 5.95 Å². The molecule has 2 aliphatic heterocycles. The molecule has 0 bridgehead atoms. The van der Waals surface area contributed by atoms with E-state index in [0.717, 1.165) is 77.3 Å². The maximum absolute atomic E-state index is 6.12. The van der Waals surface area contributed by atoms with Crippen molar-refractivity contribution in [1.29, 1.82) is 0 Å². The van der Waals surface area contributed by atoms with Crippen molar-refractivity contribution in [2.75, 3.05) is 63.9 Å². The summed E-state index contributed by atoms with van der Waals surface area (Å²) in [4.78, 5) is 18.4. The van der Waals surface area contributed by atoms with Gasteiger partial charge in [-0.05, 0) is 31.2 Å². The topological polar surface area (TPSA) is 77.9 Å². The predicted molar refractivity (Wildman–Crippen MR) is 127 cm³/mol. The fraction of sp³-hybridized carbons (Fsp3) is 0.783. The second-order valence-electron chi connectivity index (χ2n) is 9.58. The van der Waals surface area contributed by atoms with E-state index in [-0.39, 0.29) is 11.5 Å². The Hall–Kier alpha value is -1.93. The van der Waals surface area contributed by atoms with E-state index in [1.807, 2.05) is 18.5 Å². The lowest BCUT2D eigenvalue weighted by molar-refractivity contribution is -0.0823. The molecule has 2 atom stereocenters. The third-order valence-corrected chi connectivity index (χ3v) is 6.05. The minimum atomic E-state index is 0.152. The first kappa shape index (κ1) is 23.7. The van der Waals surface area contributed by atoms with Crippen molar-refractivity contribution in [2.24, 2.45) is 16.3 Å². The standard InChI is InChI=1S/C23H41N7O/c1-5-24-21(28-18-19-8-6-17-31-20(19)23(2,3)4)25-11-12-29-13-15-30(16-14-29)22-26-9-7-10-27-22/h7,9-10,19-20H,5-6,8,11-18H2,1-4H3,(H2,24,25,28). The monoisotopic (exact) mass is 431 g/mol. The number of nitrogens with zero attached hydrogens (tertiary/aromatic N) is 5. The Morgan fingerprint density at radius 2 is 1.90 bits per heavy atom. The van der Waals surface area contributed by atoms with Crippen molar-refractivity contribution < 1.29 is 4.74 Å². The largest absolute Gasteiger partial charge is 0.377 e. The van der Waals surface area contributed by atoms with Crippen LogP contribution in [0.4, 0.5) is 5.95 Å². The van der Waals surface area contributed by atoms with Crippen LogP contribution in [0.5, 0.6) is 0 Å². The first-order chi connectivity index (χ1) is 15.0. The molecule has 8 nitrogen and oxygen atoms in total. The quantitative estimate of drug-likeness (QED) is 0.505. The zero-order valence-electron chi connectivity index (χ0n) is 19.8. The van der Waals surface area contributed by atoms with Crippen LogP contribution in [-0.2, 0) is 4.74 Å². The highest BCUT2D eigenvalue weighted by molar-refractivity contribution is 5.79. The Balaban J connectivity index is 1.43. The molecular formula is C23H41N7O. The molecule has 2 unspecified atom stereocenters. The molecule has 2 N–H and O–H groups in total. The van der Waals surface area contributed by atoms with Crippen LogP contribution < -0.4 is 15.5 Å². The Morgan fingerprint density at radius 1 is 1.16 bits per heavy atom. The van der Waals surface area contributed by atoms with Gasteiger partial charge in [-0.2, -0.15) is 0 Å². The van der Waals surface area contributed by atoms with Gasteiger partial charge in [0.15, 0.2) is 5.96 Å². The van der Waals surface area contributed by atoms with E-state index in [9.17, 15) is 0 Å². The van der Waals surface area contributed by atoms with E-state index >= 15 is 0 Å². The summed E-state index contributed by atoms with van der Waals surface area (Å²) in [5.41, 5.74) is 0.152. The molecule has 0 amide bonds. The van der Waals surface area contributed by atoms with E-state index in [4.69, 9.17) is 9.73 Å². The SMILES string of the molecule is CCNC(=NCC1CCCOC1C(C)(C)C)NCCN1CCN(c2ncccn2)CC1. The van der Waals surface area contributed by atoms with Gasteiger partial charge in [-0.15, -0.1) is 0 Å². The van der Waals surface area contributed by atoms with Gasteiger partial charge in [-0.3, -0.25) is 9.89 Å². The van der Waals surface area contributed by atoms with E-state index in [1.54, 1.807) is 0 Å². The molecule has 31 heavy (non-hydrogen) atoms. The Labute approximate surface area is 187 Å². The highest BCUT2D eigenvalue weighted by Crippen LogP contribution is 2.34. The summed E-state index contributed by atoms with van der Waals surface area (Å²) in [5.74, 6) is 2.23.